The number of hydrogen-bond donors (Lipinski definition) is 0. The van der Waals surface area contributed by atoms with Gasteiger partial charge in [-0.2, -0.15) is 21.6 Å². The number of rotatable bonds is 2. The first kappa shape index (κ1) is 12.6. The lowest BCUT2D eigenvalue weighted by atomic mass is 10.4. The molecule has 1 rings (SSSR count). The zero-order valence-electron chi connectivity index (χ0n) is 7.07. The highest BCUT2D eigenvalue weighted by Gasteiger charge is 2.45. The van der Waals surface area contributed by atoms with Crippen molar-refractivity contribution in [2.75, 3.05) is 0 Å². The van der Waals surface area contributed by atoms with Crippen molar-refractivity contribution < 1.29 is 21.6 Å². The van der Waals surface area contributed by atoms with Crippen molar-refractivity contribution in [3.63, 3.8) is 0 Å². The molecule has 0 unspecified atom stereocenters. The third kappa shape index (κ3) is 3.52. The Labute approximate surface area is 94.5 Å². The summed E-state index contributed by atoms with van der Waals surface area (Å²) >= 11 is -1.51. The van der Waals surface area contributed by atoms with E-state index in [0.717, 1.165) is 0 Å². The maximum Gasteiger partial charge on any atom is 0.518 e. The summed E-state index contributed by atoms with van der Waals surface area (Å²) in [6, 6.07) is 8.01. The van der Waals surface area contributed by atoms with E-state index in [1.54, 1.807) is 30.3 Å². The number of benzene rings is 1. The molecular formula is C7H5F3INO2S. The minimum Gasteiger partial charge on any atom is -0.195 e. The highest BCUT2D eigenvalue weighted by Crippen LogP contribution is 2.28. The van der Waals surface area contributed by atoms with Crippen LogP contribution in [0.4, 0.5) is 13.2 Å². The molecule has 1 aromatic rings. The van der Waals surface area contributed by atoms with Crippen LogP contribution in [0.1, 0.15) is 0 Å². The Bertz CT molecular complexity index is 455. The van der Waals surface area contributed by atoms with Crippen LogP contribution in [0.3, 0.4) is 0 Å². The molecule has 8 heteroatoms. The quantitative estimate of drug-likeness (QED) is 0.770. The fourth-order valence-corrected chi connectivity index (χ4v) is 3.71. The van der Waals surface area contributed by atoms with Crippen molar-refractivity contribution in [3.05, 3.63) is 33.9 Å². The first-order valence-electron chi connectivity index (χ1n) is 3.56. The van der Waals surface area contributed by atoms with Gasteiger partial charge in [-0.1, -0.05) is 18.2 Å². The maximum atomic E-state index is 11.9. The standard InChI is InChI=1S/C7H5F3INO2S/c8-7(9,10)15(13,14)12-11-6-4-2-1-3-5-6/h1-5H. The molecule has 0 bridgehead atoms. The first-order chi connectivity index (χ1) is 6.83. The molecule has 0 aliphatic heterocycles. The van der Waals surface area contributed by atoms with Crippen LogP contribution in [0.15, 0.2) is 32.9 Å². The summed E-state index contributed by atoms with van der Waals surface area (Å²) in [7, 11) is -5.32. The van der Waals surface area contributed by atoms with E-state index in [0.29, 0.717) is 3.57 Å². The van der Waals surface area contributed by atoms with Gasteiger partial charge in [-0.3, -0.25) is 0 Å². The second-order valence-corrected chi connectivity index (χ2v) is 6.83. The van der Waals surface area contributed by atoms with Gasteiger partial charge in [-0.15, -0.1) is 2.55 Å². The molecule has 1 aromatic carbocycles. The van der Waals surface area contributed by atoms with E-state index in [-0.39, 0.29) is 0 Å². The third-order valence-corrected chi connectivity index (χ3v) is 5.51. The molecule has 0 spiro atoms. The Morgan fingerprint density at radius 2 is 1.67 bits per heavy atom. The molecule has 0 atom stereocenters. The summed E-state index contributed by atoms with van der Waals surface area (Å²) in [5, 5.41) is 0. The predicted octanol–water partition coefficient (Wildman–Crippen LogP) is 2.86. The van der Waals surface area contributed by atoms with E-state index < -0.39 is 36.6 Å². The zero-order valence-corrected chi connectivity index (χ0v) is 10.0. The van der Waals surface area contributed by atoms with Gasteiger partial charge in [0.2, 0.25) is 0 Å². The second-order valence-electron chi connectivity index (χ2n) is 2.37. The molecule has 0 N–H and O–H groups in total. The average molecular weight is 351 g/mol. The van der Waals surface area contributed by atoms with Crippen LogP contribution in [0.5, 0.6) is 0 Å². The third-order valence-electron chi connectivity index (χ3n) is 1.25. The minimum atomic E-state index is -5.32. The van der Waals surface area contributed by atoms with Crippen LogP contribution in [0.2, 0.25) is 0 Å². The maximum absolute atomic E-state index is 11.9. The zero-order chi connectivity index (χ0) is 11.5. The summed E-state index contributed by atoms with van der Waals surface area (Å²) in [6.45, 7) is 0. The lowest BCUT2D eigenvalue weighted by Crippen LogP contribution is -2.19. The second kappa shape index (κ2) is 4.56. The summed E-state index contributed by atoms with van der Waals surface area (Å²) in [6.07, 6.45) is 0. The first-order valence-corrected chi connectivity index (χ1v) is 7.04. The van der Waals surface area contributed by atoms with Crippen LogP contribution in [0.25, 0.3) is 0 Å². The molecule has 0 saturated heterocycles. The van der Waals surface area contributed by atoms with Gasteiger partial charge in [-0.05, 0) is 12.1 Å². The van der Waals surface area contributed by atoms with E-state index in [1.807, 2.05) is 0 Å². The van der Waals surface area contributed by atoms with E-state index in [9.17, 15) is 21.6 Å². The van der Waals surface area contributed by atoms with Crippen molar-refractivity contribution in [1.29, 1.82) is 0 Å². The number of hydrogen-bond acceptors (Lipinski definition) is 2. The topological polar surface area (TPSA) is 46.5 Å². The monoisotopic (exact) mass is 351 g/mol. The Morgan fingerprint density at radius 1 is 1.13 bits per heavy atom. The van der Waals surface area contributed by atoms with Crippen LogP contribution < -0.4 is 0 Å². The molecular weight excluding hydrogens is 346 g/mol. The van der Waals surface area contributed by atoms with E-state index in [4.69, 9.17) is 0 Å². The number of sulfonamides is 1. The number of nitrogens with zero attached hydrogens (tertiary/aromatic N) is 1. The summed E-state index contributed by atoms with van der Waals surface area (Å²) in [5.74, 6) is 0. The molecule has 0 amide bonds. The van der Waals surface area contributed by atoms with Gasteiger partial charge in [0.15, 0.2) is 0 Å². The smallest absolute Gasteiger partial charge is 0.195 e. The molecule has 0 saturated carbocycles. The van der Waals surface area contributed by atoms with Crippen molar-refractivity contribution >= 4 is 31.1 Å². The number of halogens is 4. The predicted molar refractivity (Wildman–Crippen MR) is 56.6 cm³/mol. The SMILES string of the molecule is O=S(=O)(N=Ic1ccccc1)C(F)(F)F. The minimum absolute atomic E-state index is 0.518. The molecule has 0 aliphatic carbocycles. The van der Waals surface area contributed by atoms with Gasteiger partial charge in [0.05, 0.1) is 0 Å². The molecule has 0 fully saturated rings. The highest BCUT2D eigenvalue weighted by atomic mass is 127. The Kier molecular flexibility index (Phi) is 3.82. The fraction of sp³-hybridized carbons (Fsp3) is 0.143. The molecule has 0 aromatic heterocycles. The van der Waals surface area contributed by atoms with Crippen LogP contribution in [-0.2, 0) is 10.0 Å². The lowest BCUT2D eigenvalue weighted by molar-refractivity contribution is -0.0433. The summed E-state index contributed by atoms with van der Waals surface area (Å²) < 4.78 is 60.0. The van der Waals surface area contributed by atoms with E-state index in [1.165, 1.54) is 0 Å². The highest BCUT2D eigenvalue weighted by molar-refractivity contribution is 14.2. The average Bonchev–Trinajstić information content (AvgIpc) is 2.15. The molecule has 0 radical (unpaired) electrons. The van der Waals surface area contributed by atoms with Gasteiger partial charge in [-0.25, -0.2) is 0 Å². The normalized spacial score (nSPS) is 13.8. The Balaban J connectivity index is 2.93. The Hall–Kier alpha value is -0.510. The van der Waals surface area contributed by atoms with Gasteiger partial charge in [0.1, 0.15) is 0 Å². The lowest BCUT2D eigenvalue weighted by Gasteiger charge is -2.00. The van der Waals surface area contributed by atoms with Crippen LogP contribution in [0, 0.1) is 3.57 Å². The van der Waals surface area contributed by atoms with Gasteiger partial charge in [0.25, 0.3) is 0 Å². The van der Waals surface area contributed by atoms with Crippen molar-refractivity contribution in [1.82, 2.24) is 0 Å². The molecule has 3 nitrogen and oxygen atoms in total. The van der Waals surface area contributed by atoms with Crippen LogP contribution >= 0.6 is 21.0 Å². The summed E-state index contributed by atoms with van der Waals surface area (Å²) in [5.41, 5.74) is -5.29. The van der Waals surface area contributed by atoms with Crippen molar-refractivity contribution in [2.45, 2.75) is 5.51 Å². The number of alkyl halides is 3. The van der Waals surface area contributed by atoms with Gasteiger partial charge < -0.3 is 0 Å². The van der Waals surface area contributed by atoms with Crippen molar-refractivity contribution in [3.8, 4) is 0 Å². The Morgan fingerprint density at radius 3 is 2.13 bits per heavy atom. The molecule has 0 heterocycles. The van der Waals surface area contributed by atoms with Gasteiger partial charge >= 0.3 is 15.5 Å². The fourth-order valence-electron chi connectivity index (χ4n) is 0.595. The largest absolute Gasteiger partial charge is 0.518 e. The van der Waals surface area contributed by atoms with Crippen molar-refractivity contribution in [2.24, 2.45) is 2.55 Å². The molecule has 84 valence electrons. The van der Waals surface area contributed by atoms with Crippen LogP contribution in [-0.4, -0.2) is 13.9 Å². The molecule has 0 aliphatic rings. The van der Waals surface area contributed by atoms with Gasteiger partial charge in [0, 0.05) is 24.6 Å². The summed E-state index contributed by atoms with van der Waals surface area (Å²) in [4.78, 5) is 0. The molecule has 15 heavy (non-hydrogen) atoms. The van der Waals surface area contributed by atoms with E-state index >= 15 is 0 Å². The van der Waals surface area contributed by atoms with E-state index in [2.05, 4.69) is 2.55 Å².